The van der Waals surface area contributed by atoms with Gasteiger partial charge in [-0.3, -0.25) is 9.59 Å². The first kappa shape index (κ1) is 8.99. The third-order valence-electron chi connectivity index (χ3n) is 1.98. The van der Waals surface area contributed by atoms with Gasteiger partial charge < -0.3 is 15.5 Å². The Kier molecular flexibility index (Phi) is 2.32. The summed E-state index contributed by atoms with van der Waals surface area (Å²) in [5, 5.41) is 19.9. The van der Waals surface area contributed by atoms with E-state index >= 15 is 0 Å². The number of aliphatic hydroxyl groups excluding tert-OH is 1. The molecule has 1 aliphatic heterocycles. The molecule has 1 heterocycles. The molecule has 0 aliphatic carbocycles. The van der Waals surface area contributed by atoms with E-state index < -0.39 is 24.0 Å². The van der Waals surface area contributed by atoms with E-state index in [-0.39, 0.29) is 12.3 Å². The Labute approximate surface area is 69.4 Å². The van der Waals surface area contributed by atoms with Gasteiger partial charge >= 0.3 is 5.97 Å². The molecule has 12 heavy (non-hydrogen) atoms. The van der Waals surface area contributed by atoms with E-state index in [0.717, 1.165) is 0 Å². The smallest absolute Gasteiger partial charge is 0.305 e. The number of rotatable bonds is 3. The fourth-order valence-corrected chi connectivity index (χ4v) is 1.38. The van der Waals surface area contributed by atoms with Crippen molar-refractivity contribution in [1.29, 1.82) is 0 Å². The second-order valence-electron chi connectivity index (χ2n) is 2.98. The van der Waals surface area contributed by atoms with Gasteiger partial charge in [0, 0.05) is 0 Å². The summed E-state index contributed by atoms with van der Waals surface area (Å²) in [6, 6.07) is -0.407. The van der Waals surface area contributed by atoms with E-state index in [4.69, 9.17) is 10.2 Å². The van der Waals surface area contributed by atoms with E-state index in [9.17, 15) is 9.59 Å². The second kappa shape index (κ2) is 3.10. The number of aliphatic hydroxyl groups is 1. The monoisotopic (exact) mass is 173 g/mol. The number of carbonyl (C=O) groups excluding carboxylic acids is 1. The maximum Gasteiger partial charge on any atom is 0.305 e. The third-order valence-corrected chi connectivity index (χ3v) is 1.98. The van der Waals surface area contributed by atoms with Crippen LogP contribution in [0.2, 0.25) is 0 Å². The summed E-state index contributed by atoms with van der Waals surface area (Å²) in [6.45, 7) is 1.48. The molecule has 0 aromatic rings. The molecular formula is C7H11NO4. The van der Waals surface area contributed by atoms with Crippen LogP contribution in [0, 0.1) is 5.92 Å². The van der Waals surface area contributed by atoms with Gasteiger partial charge in [0.15, 0.2) is 0 Å². The van der Waals surface area contributed by atoms with Crippen molar-refractivity contribution in [1.82, 2.24) is 5.32 Å². The van der Waals surface area contributed by atoms with Crippen LogP contribution < -0.4 is 5.32 Å². The Morgan fingerprint density at radius 2 is 2.33 bits per heavy atom. The molecule has 0 spiro atoms. The number of carbonyl (C=O) groups is 2. The number of hydrogen-bond acceptors (Lipinski definition) is 3. The van der Waals surface area contributed by atoms with Crippen molar-refractivity contribution in [2.75, 3.05) is 0 Å². The average Bonchev–Trinajstić information content (AvgIpc) is 1.82. The van der Waals surface area contributed by atoms with Crippen molar-refractivity contribution >= 4 is 11.9 Å². The largest absolute Gasteiger partial charge is 0.481 e. The lowest BCUT2D eigenvalue weighted by Gasteiger charge is -2.37. The molecule has 1 amide bonds. The Morgan fingerprint density at radius 3 is 2.67 bits per heavy atom. The molecule has 68 valence electrons. The molecule has 0 aromatic heterocycles. The standard InChI is InChI=1S/C7H11NO4/c1-3(9)6-4(2-5(10)11)8-7(6)12/h3-4,6,9H,2H2,1H3,(H,8,12)(H,10,11)/t3-,4-,6+/m1/s1. The zero-order valence-electron chi connectivity index (χ0n) is 6.65. The Hall–Kier alpha value is -1.10. The van der Waals surface area contributed by atoms with Gasteiger partial charge in [-0.2, -0.15) is 0 Å². The molecule has 0 saturated carbocycles. The highest BCUT2D eigenvalue weighted by molar-refractivity contribution is 5.88. The van der Waals surface area contributed by atoms with Crippen LogP contribution in [-0.2, 0) is 9.59 Å². The molecule has 1 saturated heterocycles. The molecule has 0 aromatic carbocycles. The fourth-order valence-electron chi connectivity index (χ4n) is 1.38. The first-order chi connectivity index (χ1) is 5.52. The maximum absolute atomic E-state index is 10.8. The SMILES string of the molecule is C[C@@H](O)[C@@H]1C(=O)N[C@@H]1CC(=O)O. The molecule has 1 fully saturated rings. The molecule has 3 N–H and O–H groups in total. The van der Waals surface area contributed by atoms with Crippen LogP contribution in [0.25, 0.3) is 0 Å². The highest BCUT2D eigenvalue weighted by Crippen LogP contribution is 2.21. The van der Waals surface area contributed by atoms with Crippen molar-refractivity contribution in [3.8, 4) is 0 Å². The first-order valence-electron chi connectivity index (χ1n) is 3.72. The fraction of sp³-hybridized carbons (Fsp3) is 0.714. The van der Waals surface area contributed by atoms with Gasteiger partial charge in [-0.15, -0.1) is 0 Å². The molecule has 1 aliphatic rings. The zero-order chi connectivity index (χ0) is 9.30. The van der Waals surface area contributed by atoms with Crippen LogP contribution in [0.3, 0.4) is 0 Å². The van der Waals surface area contributed by atoms with Crippen molar-refractivity contribution in [2.24, 2.45) is 5.92 Å². The van der Waals surface area contributed by atoms with Crippen molar-refractivity contribution < 1.29 is 19.8 Å². The lowest BCUT2D eigenvalue weighted by Crippen LogP contribution is -2.62. The minimum atomic E-state index is -0.967. The summed E-state index contributed by atoms with van der Waals surface area (Å²) in [5.41, 5.74) is 0. The Morgan fingerprint density at radius 1 is 1.75 bits per heavy atom. The van der Waals surface area contributed by atoms with Gasteiger partial charge in [0.25, 0.3) is 0 Å². The van der Waals surface area contributed by atoms with E-state index in [2.05, 4.69) is 5.32 Å². The molecule has 0 radical (unpaired) electrons. The lowest BCUT2D eigenvalue weighted by atomic mass is 9.84. The van der Waals surface area contributed by atoms with Gasteiger partial charge in [0.2, 0.25) is 5.91 Å². The molecule has 5 nitrogen and oxygen atoms in total. The summed E-state index contributed by atoms with van der Waals surface area (Å²) < 4.78 is 0. The number of β-lactam (4-membered cyclic amide) rings is 1. The minimum absolute atomic E-state index is 0.124. The predicted molar refractivity (Wildman–Crippen MR) is 39.4 cm³/mol. The normalized spacial score (nSPS) is 30.3. The van der Waals surface area contributed by atoms with Crippen molar-refractivity contribution in [3.05, 3.63) is 0 Å². The average molecular weight is 173 g/mol. The number of carboxylic acid groups (broad SMARTS) is 1. The quantitative estimate of drug-likeness (QED) is 0.475. The van der Waals surface area contributed by atoms with Crippen LogP contribution >= 0.6 is 0 Å². The molecule has 0 bridgehead atoms. The number of carboxylic acids is 1. The van der Waals surface area contributed by atoms with E-state index in [1.165, 1.54) is 6.92 Å². The minimum Gasteiger partial charge on any atom is -0.481 e. The van der Waals surface area contributed by atoms with Gasteiger partial charge in [-0.25, -0.2) is 0 Å². The summed E-state index contributed by atoms with van der Waals surface area (Å²) in [7, 11) is 0. The summed E-state index contributed by atoms with van der Waals surface area (Å²) in [6.07, 6.45) is -0.899. The molecule has 5 heteroatoms. The first-order valence-corrected chi connectivity index (χ1v) is 3.72. The Balaban J connectivity index is 2.48. The molecule has 0 unspecified atom stereocenters. The van der Waals surface area contributed by atoms with Crippen LogP contribution in [0.5, 0.6) is 0 Å². The number of aliphatic carboxylic acids is 1. The van der Waals surface area contributed by atoms with Crippen LogP contribution in [0.1, 0.15) is 13.3 Å². The highest BCUT2D eigenvalue weighted by atomic mass is 16.4. The highest BCUT2D eigenvalue weighted by Gasteiger charge is 2.43. The van der Waals surface area contributed by atoms with E-state index in [1.807, 2.05) is 0 Å². The zero-order valence-corrected chi connectivity index (χ0v) is 6.65. The summed E-state index contributed by atoms with van der Waals surface area (Å²) >= 11 is 0. The Bertz CT molecular complexity index is 213. The molecule has 3 atom stereocenters. The van der Waals surface area contributed by atoms with E-state index in [0.29, 0.717) is 0 Å². The summed E-state index contributed by atoms with van der Waals surface area (Å²) in [5.74, 6) is -1.79. The molecule has 1 rings (SSSR count). The van der Waals surface area contributed by atoms with Crippen molar-refractivity contribution in [3.63, 3.8) is 0 Å². The van der Waals surface area contributed by atoms with Gasteiger partial charge in [-0.1, -0.05) is 0 Å². The summed E-state index contributed by atoms with van der Waals surface area (Å²) in [4.78, 5) is 21.0. The van der Waals surface area contributed by atoms with Crippen LogP contribution in [0.4, 0.5) is 0 Å². The predicted octanol–water partition coefficient (Wildman–Crippen LogP) is -1.04. The molecular weight excluding hydrogens is 162 g/mol. The van der Waals surface area contributed by atoms with Gasteiger partial charge in [0.05, 0.1) is 24.5 Å². The number of hydrogen-bond donors (Lipinski definition) is 3. The number of nitrogens with one attached hydrogen (secondary N) is 1. The van der Waals surface area contributed by atoms with Gasteiger partial charge in [0.1, 0.15) is 0 Å². The number of amides is 1. The van der Waals surface area contributed by atoms with Gasteiger partial charge in [-0.05, 0) is 6.92 Å². The lowest BCUT2D eigenvalue weighted by molar-refractivity contribution is -0.146. The van der Waals surface area contributed by atoms with Crippen molar-refractivity contribution in [2.45, 2.75) is 25.5 Å². The van der Waals surface area contributed by atoms with Crippen LogP contribution in [-0.4, -0.2) is 34.2 Å². The second-order valence-corrected chi connectivity index (χ2v) is 2.98. The topological polar surface area (TPSA) is 86.6 Å². The third kappa shape index (κ3) is 1.55. The maximum atomic E-state index is 10.8. The van der Waals surface area contributed by atoms with Crippen LogP contribution in [0.15, 0.2) is 0 Å². The van der Waals surface area contributed by atoms with E-state index in [1.54, 1.807) is 0 Å².